The highest BCUT2D eigenvalue weighted by Crippen LogP contribution is 2.33. The summed E-state index contributed by atoms with van der Waals surface area (Å²) in [6, 6.07) is 8.38. The van der Waals surface area contributed by atoms with Crippen LogP contribution in [0.3, 0.4) is 0 Å². The van der Waals surface area contributed by atoms with Crippen molar-refractivity contribution in [2.24, 2.45) is 4.99 Å². The van der Waals surface area contributed by atoms with Crippen LogP contribution in [0.1, 0.15) is 19.8 Å². The van der Waals surface area contributed by atoms with Gasteiger partial charge in [-0.2, -0.15) is 0 Å². The third-order valence-electron chi connectivity index (χ3n) is 4.73. The Morgan fingerprint density at radius 1 is 1.29 bits per heavy atom. The molecule has 1 fully saturated rings. The predicted molar refractivity (Wildman–Crippen MR) is 124 cm³/mol. The van der Waals surface area contributed by atoms with Crippen LogP contribution in [0.15, 0.2) is 47.5 Å². The Bertz CT molecular complexity index is 1110. The molecule has 2 aromatic carbocycles. The minimum absolute atomic E-state index is 0.131. The Morgan fingerprint density at radius 3 is 2.79 bits per heavy atom. The molecule has 3 rings (SSSR count). The molecule has 2 amide bonds. The second-order valence-electron chi connectivity index (χ2n) is 7.20. The molecule has 2 aromatic rings. The number of anilines is 1. The lowest BCUT2D eigenvalue weighted by Crippen LogP contribution is -2.34. The van der Waals surface area contributed by atoms with Crippen molar-refractivity contribution in [3.63, 3.8) is 0 Å². The number of thioether (sulfide) groups is 1. The van der Waals surface area contributed by atoms with Crippen molar-refractivity contribution < 1.29 is 28.0 Å². The van der Waals surface area contributed by atoms with Gasteiger partial charge in [-0.25, -0.2) is 13.8 Å². The molecule has 34 heavy (non-hydrogen) atoms. The molecule has 0 saturated carbocycles. The van der Waals surface area contributed by atoms with Crippen LogP contribution in [0.2, 0.25) is 0 Å². The van der Waals surface area contributed by atoms with Crippen LogP contribution in [0.5, 0.6) is 0 Å². The van der Waals surface area contributed by atoms with Gasteiger partial charge in [0.2, 0.25) is 11.8 Å². The van der Waals surface area contributed by atoms with Gasteiger partial charge >= 0.3 is 0 Å². The van der Waals surface area contributed by atoms with E-state index in [4.69, 9.17) is 4.74 Å². The van der Waals surface area contributed by atoms with E-state index in [-0.39, 0.29) is 41.1 Å². The number of ether oxygens (including phenoxy) is 1. The molecule has 0 radical (unpaired) electrons. The van der Waals surface area contributed by atoms with Gasteiger partial charge in [-0.1, -0.05) is 17.8 Å². The molecule has 12 heteroatoms. The van der Waals surface area contributed by atoms with Crippen molar-refractivity contribution in [3.05, 3.63) is 64.2 Å². The third kappa shape index (κ3) is 6.58. The van der Waals surface area contributed by atoms with Gasteiger partial charge in [0.15, 0.2) is 11.0 Å². The molecule has 1 aliphatic rings. The van der Waals surface area contributed by atoms with E-state index in [0.29, 0.717) is 25.7 Å². The molecule has 0 aromatic heterocycles. The Labute approximate surface area is 198 Å². The largest absolute Gasteiger partial charge is 0.382 e. The van der Waals surface area contributed by atoms with Crippen molar-refractivity contribution >= 4 is 45.8 Å². The van der Waals surface area contributed by atoms with E-state index < -0.39 is 27.7 Å². The maximum Gasteiger partial charge on any atom is 0.271 e. The van der Waals surface area contributed by atoms with Crippen LogP contribution >= 0.6 is 11.8 Å². The average molecular weight is 493 g/mol. The molecular weight excluding hydrogens is 470 g/mol. The number of halogens is 2. The highest BCUT2D eigenvalue weighted by atomic mass is 32.2. The average Bonchev–Trinajstić information content (AvgIpc) is 3.07. The Balaban J connectivity index is 1.75. The molecule has 0 unspecified atom stereocenters. The van der Waals surface area contributed by atoms with E-state index in [2.05, 4.69) is 10.3 Å². The zero-order valence-corrected chi connectivity index (χ0v) is 19.0. The van der Waals surface area contributed by atoms with Gasteiger partial charge in [0, 0.05) is 50.1 Å². The summed E-state index contributed by atoms with van der Waals surface area (Å²) in [4.78, 5) is 41.4. The number of benzene rings is 2. The van der Waals surface area contributed by atoms with Crippen LogP contribution in [0.25, 0.3) is 0 Å². The van der Waals surface area contributed by atoms with Crippen LogP contribution < -0.4 is 5.32 Å². The fourth-order valence-corrected chi connectivity index (χ4v) is 4.33. The first kappa shape index (κ1) is 25.2. The number of carbonyl (C=O) groups excluding carboxylic acids is 2. The van der Waals surface area contributed by atoms with Gasteiger partial charge < -0.3 is 10.1 Å². The maximum absolute atomic E-state index is 14.1. The highest BCUT2D eigenvalue weighted by molar-refractivity contribution is 8.15. The first-order valence-corrected chi connectivity index (χ1v) is 11.3. The van der Waals surface area contributed by atoms with Crippen molar-refractivity contribution in [1.29, 1.82) is 0 Å². The van der Waals surface area contributed by atoms with Crippen molar-refractivity contribution in [2.75, 3.05) is 25.1 Å². The minimum atomic E-state index is -0.873. The number of aliphatic imine (C=N–C) groups is 1. The van der Waals surface area contributed by atoms with E-state index in [9.17, 15) is 28.5 Å². The number of nitrogens with one attached hydrogen (secondary N) is 1. The van der Waals surface area contributed by atoms with Crippen LogP contribution in [0, 0.1) is 21.7 Å². The number of amides is 2. The van der Waals surface area contributed by atoms with Crippen LogP contribution in [-0.2, 0) is 14.3 Å². The summed E-state index contributed by atoms with van der Waals surface area (Å²) in [6.45, 7) is 3.01. The zero-order chi connectivity index (χ0) is 24.7. The normalized spacial score (nSPS) is 16.8. The second kappa shape index (κ2) is 11.7. The maximum atomic E-state index is 14.1. The highest BCUT2D eigenvalue weighted by Gasteiger charge is 2.39. The van der Waals surface area contributed by atoms with E-state index in [1.165, 1.54) is 35.2 Å². The zero-order valence-electron chi connectivity index (χ0n) is 18.2. The summed E-state index contributed by atoms with van der Waals surface area (Å²) < 4.78 is 32.7. The number of nitro benzene ring substituents is 1. The molecule has 180 valence electrons. The van der Waals surface area contributed by atoms with E-state index in [1.807, 2.05) is 6.92 Å². The molecule has 1 heterocycles. The summed E-state index contributed by atoms with van der Waals surface area (Å²) in [5.74, 6) is -2.52. The first-order valence-electron chi connectivity index (χ1n) is 10.4. The number of nitrogens with zero attached hydrogens (tertiary/aromatic N) is 3. The molecule has 1 saturated heterocycles. The van der Waals surface area contributed by atoms with E-state index in [0.717, 1.165) is 17.8 Å². The fourth-order valence-electron chi connectivity index (χ4n) is 3.15. The molecule has 1 aliphatic heterocycles. The van der Waals surface area contributed by atoms with Gasteiger partial charge in [0.05, 0.1) is 4.92 Å². The Kier molecular flexibility index (Phi) is 8.66. The molecule has 9 nitrogen and oxygen atoms in total. The van der Waals surface area contributed by atoms with Gasteiger partial charge in [-0.3, -0.25) is 24.6 Å². The molecule has 0 aliphatic carbocycles. The number of carbonyl (C=O) groups is 2. The van der Waals surface area contributed by atoms with E-state index in [1.54, 1.807) is 0 Å². The standard InChI is InChI=1S/C22H22F2N4O5S/c1-2-33-10-4-9-27-21(30)19(34-22(27)26-18-8-7-14(23)11-17(18)24)13-20(29)25-15-5-3-6-16(12-15)28(31)32/h3,5-8,11-12,19H,2,4,9-10,13H2,1H3,(H,25,29)/t19-/m1/s1. The molecule has 1 N–H and O–H groups in total. The molecule has 1 atom stereocenters. The Morgan fingerprint density at radius 2 is 2.09 bits per heavy atom. The Hall–Kier alpha value is -3.38. The summed E-state index contributed by atoms with van der Waals surface area (Å²) >= 11 is 1.00. The quantitative estimate of drug-likeness (QED) is 0.301. The molecule has 0 bridgehead atoms. The number of amidine groups is 1. The lowest BCUT2D eigenvalue weighted by Gasteiger charge is -2.16. The van der Waals surface area contributed by atoms with Crippen molar-refractivity contribution in [2.45, 2.75) is 25.0 Å². The predicted octanol–water partition coefficient (Wildman–Crippen LogP) is 4.26. The number of nitro groups is 1. The summed E-state index contributed by atoms with van der Waals surface area (Å²) in [6.07, 6.45) is 0.275. The summed E-state index contributed by atoms with van der Waals surface area (Å²) in [5.41, 5.74) is -0.0842. The van der Waals surface area contributed by atoms with Crippen molar-refractivity contribution in [1.82, 2.24) is 4.90 Å². The summed E-state index contributed by atoms with van der Waals surface area (Å²) in [7, 11) is 0. The minimum Gasteiger partial charge on any atom is -0.382 e. The number of rotatable bonds is 10. The number of non-ortho nitro benzene ring substituents is 1. The topological polar surface area (TPSA) is 114 Å². The van der Waals surface area contributed by atoms with Crippen LogP contribution in [-0.4, -0.2) is 51.8 Å². The van der Waals surface area contributed by atoms with Gasteiger partial charge in [0.1, 0.15) is 16.8 Å². The monoisotopic (exact) mass is 492 g/mol. The molecular formula is C22H22F2N4O5S. The number of hydrogen-bond acceptors (Lipinski definition) is 7. The number of hydrogen-bond donors (Lipinski definition) is 1. The first-order chi connectivity index (χ1) is 16.3. The lowest BCUT2D eigenvalue weighted by molar-refractivity contribution is -0.384. The lowest BCUT2D eigenvalue weighted by atomic mass is 10.2. The summed E-state index contributed by atoms with van der Waals surface area (Å²) in [5, 5.41) is 12.8. The van der Waals surface area contributed by atoms with Gasteiger partial charge in [-0.15, -0.1) is 0 Å². The van der Waals surface area contributed by atoms with Crippen molar-refractivity contribution in [3.8, 4) is 0 Å². The van der Waals surface area contributed by atoms with Gasteiger partial charge in [0.25, 0.3) is 5.69 Å². The second-order valence-corrected chi connectivity index (χ2v) is 8.37. The van der Waals surface area contributed by atoms with E-state index >= 15 is 0 Å². The SMILES string of the molecule is CCOCCCN1C(=O)[C@@H](CC(=O)Nc2cccc([N+](=O)[O-])c2)SC1=Nc1ccc(F)cc1F. The van der Waals surface area contributed by atoms with Crippen LogP contribution in [0.4, 0.5) is 25.8 Å². The third-order valence-corrected chi connectivity index (χ3v) is 5.91. The fraction of sp³-hybridized carbons (Fsp3) is 0.318. The van der Waals surface area contributed by atoms with Gasteiger partial charge in [-0.05, 0) is 31.5 Å². The smallest absolute Gasteiger partial charge is 0.271 e. The molecule has 0 spiro atoms.